The van der Waals surface area contributed by atoms with Gasteiger partial charge in [0.05, 0.1) is 0 Å². The summed E-state index contributed by atoms with van der Waals surface area (Å²) >= 11 is 0. The van der Waals surface area contributed by atoms with Crippen LogP contribution >= 0.6 is 0 Å². The fourth-order valence-corrected chi connectivity index (χ4v) is 2.95. The fourth-order valence-electron chi connectivity index (χ4n) is 2.95. The number of benzene rings is 1. The maximum absolute atomic E-state index is 2.45. The second kappa shape index (κ2) is 4.08. The third-order valence-electron chi connectivity index (χ3n) is 4.27. The van der Waals surface area contributed by atoms with Gasteiger partial charge in [0, 0.05) is 0 Å². The molecule has 0 aliphatic heterocycles. The number of rotatable bonds is 2. The van der Waals surface area contributed by atoms with Crippen LogP contribution in [0.1, 0.15) is 38.8 Å². The van der Waals surface area contributed by atoms with Crippen LogP contribution in [0.2, 0.25) is 0 Å². The molecule has 0 saturated heterocycles. The third kappa shape index (κ3) is 1.71. The molecule has 0 N–H and O–H groups in total. The molecule has 0 fully saturated rings. The summed E-state index contributed by atoms with van der Waals surface area (Å²) in [5, 5.41) is 0. The molecule has 0 heterocycles. The Morgan fingerprint density at radius 2 is 1.62 bits per heavy atom. The molecular formula is C16H22. The van der Waals surface area contributed by atoms with E-state index in [-0.39, 0.29) is 0 Å². The quantitative estimate of drug-likeness (QED) is 0.677. The van der Waals surface area contributed by atoms with Crippen molar-refractivity contribution in [2.45, 2.75) is 34.1 Å². The van der Waals surface area contributed by atoms with Crippen LogP contribution in [-0.2, 0) is 6.42 Å². The van der Waals surface area contributed by atoms with E-state index in [1.165, 1.54) is 17.5 Å². The average molecular weight is 214 g/mol. The molecule has 0 spiro atoms. The first kappa shape index (κ1) is 11.4. The molecule has 16 heavy (non-hydrogen) atoms. The maximum atomic E-state index is 2.45. The highest BCUT2D eigenvalue weighted by molar-refractivity contribution is 5.58. The van der Waals surface area contributed by atoms with Crippen LogP contribution < -0.4 is 0 Å². The molecule has 0 nitrogen and oxygen atoms in total. The normalized spacial score (nSPS) is 17.9. The Morgan fingerprint density at radius 3 is 2.25 bits per heavy atom. The van der Waals surface area contributed by atoms with Gasteiger partial charge in [-0.1, -0.05) is 64.1 Å². The molecule has 1 aromatic carbocycles. The maximum Gasteiger partial charge on any atom is -0.00284 e. The number of fused-ring (bicyclic) bond motifs is 1. The van der Waals surface area contributed by atoms with Crippen molar-refractivity contribution in [2.75, 3.05) is 0 Å². The van der Waals surface area contributed by atoms with Gasteiger partial charge in [-0.15, -0.1) is 0 Å². The van der Waals surface area contributed by atoms with Gasteiger partial charge in [-0.2, -0.15) is 0 Å². The first-order valence-electron chi connectivity index (χ1n) is 6.33. The highest BCUT2D eigenvalue weighted by Gasteiger charge is 2.36. The van der Waals surface area contributed by atoms with Crippen molar-refractivity contribution in [3.05, 3.63) is 41.5 Å². The Labute approximate surface area is 99.4 Å². The van der Waals surface area contributed by atoms with Crippen LogP contribution in [0.4, 0.5) is 0 Å². The van der Waals surface area contributed by atoms with Crippen molar-refractivity contribution >= 4 is 6.08 Å². The lowest BCUT2D eigenvalue weighted by Gasteiger charge is -2.41. The van der Waals surface area contributed by atoms with Gasteiger partial charge in [0.25, 0.3) is 0 Å². The zero-order chi connectivity index (χ0) is 11.8. The monoisotopic (exact) mass is 214 g/mol. The predicted molar refractivity (Wildman–Crippen MR) is 71.3 cm³/mol. The van der Waals surface area contributed by atoms with Crippen LogP contribution in [-0.4, -0.2) is 0 Å². The predicted octanol–water partition coefficient (Wildman–Crippen LogP) is 4.55. The summed E-state index contributed by atoms with van der Waals surface area (Å²) in [5.41, 5.74) is 3.25. The summed E-state index contributed by atoms with van der Waals surface area (Å²) in [4.78, 5) is 0. The van der Waals surface area contributed by atoms with Crippen molar-refractivity contribution in [1.82, 2.24) is 0 Å². The molecule has 2 rings (SSSR count). The fraction of sp³-hybridized carbons (Fsp3) is 0.500. The summed E-state index contributed by atoms with van der Waals surface area (Å²) in [6.45, 7) is 9.38. The minimum Gasteiger partial charge on any atom is -0.0769 e. The molecule has 0 unspecified atom stereocenters. The Morgan fingerprint density at radius 1 is 1.00 bits per heavy atom. The summed E-state index contributed by atoms with van der Waals surface area (Å²) in [6.07, 6.45) is 5.96. The lowest BCUT2D eigenvalue weighted by molar-refractivity contribution is 0.177. The number of hydrogen-bond acceptors (Lipinski definition) is 0. The van der Waals surface area contributed by atoms with Gasteiger partial charge in [-0.25, -0.2) is 0 Å². The number of allylic oxidation sites excluding steroid dienone is 1. The van der Waals surface area contributed by atoms with E-state index in [4.69, 9.17) is 0 Å². The van der Waals surface area contributed by atoms with E-state index in [1.54, 1.807) is 0 Å². The van der Waals surface area contributed by atoms with Gasteiger partial charge < -0.3 is 0 Å². The van der Waals surface area contributed by atoms with Gasteiger partial charge in [0.1, 0.15) is 0 Å². The molecule has 1 aromatic rings. The van der Waals surface area contributed by atoms with Crippen LogP contribution in [0, 0.1) is 17.3 Å². The standard InChI is InChI=1S/C16H22/c1-12(2)16(13(3)4)10-9-14-7-5-6-8-15(14)11-16/h5-10,12-13H,11H2,1-4H3. The van der Waals surface area contributed by atoms with Gasteiger partial charge >= 0.3 is 0 Å². The van der Waals surface area contributed by atoms with E-state index in [2.05, 4.69) is 64.1 Å². The average Bonchev–Trinajstić information content (AvgIpc) is 2.27. The molecule has 0 saturated carbocycles. The van der Waals surface area contributed by atoms with Gasteiger partial charge in [0.15, 0.2) is 0 Å². The summed E-state index contributed by atoms with van der Waals surface area (Å²) in [5.74, 6) is 1.38. The van der Waals surface area contributed by atoms with E-state index in [1.807, 2.05) is 0 Å². The van der Waals surface area contributed by atoms with E-state index >= 15 is 0 Å². The molecule has 1 aliphatic carbocycles. The Balaban J connectivity index is 2.43. The van der Waals surface area contributed by atoms with Gasteiger partial charge in [-0.3, -0.25) is 0 Å². The zero-order valence-electron chi connectivity index (χ0n) is 10.8. The third-order valence-corrected chi connectivity index (χ3v) is 4.27. The van der Waals surface area contributed by atoms with E-state index in [9.17, 15) is 0 Å². The van der Waals surface area contributed by atoms with Gasteiger partial charge in [0.2, 0.25) is 0 Å². The first-order valence-corrected chi connectivity index (χ1v) is 6.33. The SMILES string of the molecule is CC(C)C1(C(C)C)C=Cc2ccccc2C1. The Bertz CT molecular complexity index is 388. The van der Waals surface area contributed by atoms with E-state index in [0.29, 0.717) is 17.3 Å². The molecule has 86 valence electrons. The minimum absolute atomic E-state index is 0.342. The van der Waals surface area contributed by atoms with Crippen molar-refractivity contribution in [3.8, 4) is 0 Å². The summed E-state index contributed by atoms with van der Waals surface area (Å²) in [6, 6.07) is 8.78. The first-order chi connectivity index (χ1) is 7.56. The van der Waals surface area contributed by atoms with Gasteiger partial charge in [-0.05, 0) is 34.8 Å². The Kier molecular flexibility index (Phi) is 2.92. The smallest absolute Gasteiger partial charge is 0.00284 e. The number of hydrogen-bond donors (Lipinski definition) is 0. The molecule has 0 heteroatoms. The Hall–Kier alpha value is -1.04. The van der Waals surface area contributed by atoms with E-state index < -0.39 is 0 Å². The van der Waals surface area contributed by atoms with Crippen molar-refractivity contribution < 1.29 is 0 Å². The van der Waals surface area contributed by atoms with Crippen molar-refractivity contribution in [3.63, 3.8) is 0 Å². The van der Waals surface area contributed by atoms with Crippen LogP contribution in [0.25, 0.3) is 6.08 Å². The van der Waals surface area contributed by atoms with Crippen LogP contribution in [0.3, 0.4) is 0 Å². The molecule has 0 bridgehead atoms. The lowest BCUT2D eigenvalue weighted by atomic mass is 9.63. The molecule has 0 aromatic heterocycles. The summed E-state index contributed by atoms with van der Waals surface area (Å²) < 4.78 is 0. The summed E-state index contributed by atoms with van der Waals surface area (Å²) in [7, 11) is 0. The van der Waals surface area contributed by atoms with Crippen LogP contribution in [0.5, 0.6) is 0 Å². The minimum atomic E-state index is 0.342. The van der Waals surface area contributed by atoms with E-state index in [0.717, 1.165) is 0 Å². The highest BCUT2D eigenvalue weighted by atomic mass is 14.4. The molecule has 0 amide bonds. The second-order valence-corrected chi connectivity index (χ2v) is 5.63. The molecule has 0 atom stereocenters. The topological polar surface area (TPSA) is 0 Å². The second-order valence-electron chi connectivity index (χ2n) is 5.63. The molecular weight excluding hydrogens is 192 g/mol. The largest absolute Gasteiger partial charge is 0.0769 e. The molecule has 1 aliphatic rings. The van der Waals surface area contributed by atoms with Crippen molar-refractivity contribution in [2.24, 2.45) is 17.3 Å². The zero-order valence-corrected chi connectivity index (χ0v) is 10.8. The lowest BCUT2D eigenvalue weighted by Crippen LogP contribution is -2.35. The highest BCUT2D eigenvalue weighted by Crippen LogP contribution is 2.44. The van der Waals surface area contributed by atoms with Crippen molar-refractivity contribution in [1.29, 1.82) is 0 Å². The molecule has 0 radical (unpaired) electrons. The van der Waals surface area contributed by atoms with Crippen LogP contribution in [0.15, 0.2) is 30.3 Å².